The average Bonchev–Trinajstić information content (AvgIpc) is 3.06. The van der Waals surface area contributed by atoms with Crippen molar-refractivity contribution in [3.8, 4) is 5.75 Å². The normalized spacial score (nSPS) is 14.3. The molecule has 1 heterocycles. The fourth-order valence-corrected chi connectivity index (χ4v) is 3.40. The predicted molar refractivity (Wildman–Crippen MR) is 100 cm³/mol. The third-order valence-electron chi connectivity index (χ3n) is 4.25. The summed E-state index contributed by atoms with van der Waals surface area (Å²) in [6.07, 6.45) is 1.31. The molecule has 142 valence electrons. The highest BCUT2D eigenvalue weighted by Crippen LogP contribution is 2.34. The van der Waals surface area contributed by atoms with Crippen LogP contribution in [0.4, 0.5) is 11.4 Å². The fourth-order valence-electron chi connectivity index (χ4n) is 2.88. The number of hydrogen-bond acceptors (Lipinski definition) is 5. The molecule has 1 saturated heterocycles. The number of hydrogen-bond donors (Lipinski definition) is 2. The highest BCUT2D eigenvalue weighted by Gasteiger charge is 2.24. The van der Waals surface area contributed by atoms with Crippen molar-refractivity contribution in [3.63, 3.8) is 0 Å². The number of sulfonamides is 1. The van der Waals surface area contributed by atoms with E-state index >= 15 is 0 Å². The van der Waals surface area contributed by atoms with Gasteiger partial charge in [-0.3, -0.25) is 9.59 Å². The number of amides is 2. The van der Waals surface area contributed by atoms with Crippen molar-refractivity contribution < 1.29 is 22.7 Å². The van der Waals surface area contributed by atoms with Gasteiger partial charge in [-0.25, -0.2) is 13.6 Å². The van der Waals surface area contributed by atoms with Crippen LogP contribution in [0.1, 0.15) is 23.2 Å². The first-order valence-electron chi connectivity index (χ1n) is 8.22. The van der Waals surface area contributed by atoms with E-state index in [0.717, 1.165) is 6.42 Å². The summed E-state index contributed by atoms with van der Waals surface area (Å²) in [5, 5.41) is 7.76. The van der Waals surface area contributed by atoms with Crippen molar-refractivity contribution in [1.29, 1.82) is 0 Å². The van der Waals surface area contributed by atoms with Crippen LogP contribution in [-0.4, -0.2) is 33.9 Å². The summed E-state index contributed by atoms with van der Waals surface area (Å²) in [5.74, 6) is 0.107. The third kappa shape index (κ3) is 4.09. The van der Waals surface area contributed by atoms with E-state index < -0.39 is 15.9 Å². The Bertz CT molecular complexity index is 987. The predicted octanol–water partition coefficient (Wildman–Crippen LogP) is 1.72. The molecule has 0 atom stereocenters. The number of anilines is 2. The van der Waals surface area contributed by atoms with Crippen LogP contribution in [-0.2, 0) is 14.8 Å². The Balaban J connectivity index is 1.79. The molecule has 0 aromatic heterocycles. The number of nitrogens with one attached hydrogen (secondary N) is 1. The van der Waals surface area contributed by atoms with Crippen molar-refractivity contribution in [3.05, 3.63) is 48.0 Å². The summed E-state index contributed by atoms with van der Waals surface area (Å²) < 4.78 is 27.9. The number of carbonyl (C=O) groups is 2. The van der Waals surface area contributed by atoms with E-state index in [1.807, 2.05) is 0 Å². The Kier molecular flexibility index (Phi) is 5.15. The lowest BCUT2D eigenvalue weighted by atomic mass is 10.2. The quantitative estimate of drug-likeness (QED) is 0.807. The maximum absolute atomic E-state index is 12.4. The van der Waals surface area contributed by atoms with Crippen LogP contribution in [0.2, 0.25) is 0 Å². The number of methoxy groups -OCH3 is 1. The topological polar surface area (TPSA) is 119 Å². The van der Waals surface area contributed by atoms with Crippen LogP contribution in [0, 0.1) is 0 Å². The van der Waals surface area contributed by atoms with Gasteiger partial charge >= 0.3 is 0 Å². The van der Waals surface area contributed by atoms with Gasteiger partial charge < -0.3 is 15.0 Å². The van der Waals surface area contributed by atoms with Crippen LogP contribution >= 0.6 is 0 Å². The number of benzene rings is 2. The van der Waals surface area contributed by atoms with Crippen molar-refractivity contribution in [2.75, 3.05) is 23.9 Å². The van der Waals surface area contributed by atoms with Gasteiger partial charge in [0.1, 0.15) is 5.75 Å². The molecule has 0 unspecified atom stereocenters. The second kappa shape index (κ2) is 7.37. The lowest BCUT2D eigenvalue weighted by molar-refractivity contribution is -0.117. The highest BCUT2D eigenvalue weighted by atomic mass is 32.2. The van der Waals surface area contributed by atoms with E-state index in [1.54, 1.807) is 23.1 Å². The van der Waals surface area contributed by atoms with Gasteiger partial charge in [-0.05, 0) is 42.8 Å². The summed E-state index contributed by atoms with van der Waals surface area (Å²) in [5.41, 5.74) is 1.43. The van der Waals surface area contributed by atoms with E-state index in [-0.39, 0.29) is 16.4 Å². The maximum Gasteiger partial charge on any atom is 0.255 e. The molecule has 2 amide bonds. The second-order valence-electron chi connectivity index (χ2n) is 6.06. The van der Waals surface area contributed by atoms with E-state index in [1.165, 1.54) is 31.4 Å². The van der Waals surface area contributed by atoms with E-state index in [4.69, 9.17) is 9.88 Å². The van der Waals surface area contributed by atoms with Crippen LogP contribution in [0.3, 0.4) is 0 Å². The lowest BCUT2D eigenvalue weighted by Crippen LogP contribution is -2.24. The second-order valence-corrected chi connectivity index (χ2v) is 7.62. The Morgan fingerprint density at radius 3 is 2.44 bits per heavy atom. The first-order valence-corrected chi connectivity index (χ1v) is 9.77. The summed E-state index contributed by atoms with van der Waals surface area (Å²) in [7, 11) is -2.31. The van der Waals surface area contributed by atoms with Gasteiger partial charge in [-0.1, -0.05) is 0 Å². The number of primary sulfonamides is 1. The molecular formula is C18H19N3O5S. The van der Waals surface area contributed by atoms with Gasteiger partial charge in [0.15, 0.2) is 0 Å². The maximum atomic E-state index is 12.4. The number of carbonyl (C=O) groups excluding carboxylic acids is 2. The molecule has 2 aromatic rings. The van der Waals surface area contributed by atoms with Gasteiger partial charge in [-0.15, -0.1) is 0 Å². The van der Waals surface area contributed by atoms with Crippen molar-refractivity contribution in [2.24, 2.45) is 5.14 Å². The molecule has 1 aliphatic heterocycles. The molecule has 3 rings (SSSR count). The molecular weight excluding hydrogens is 370 g/mol. The van der Waals surface area contributed by atoms with Gasteiger partial charge in [0.25, 0.3) is 5.91 Å². The van der Waals surface area contributed by atoms with Crippen molar-refractivity contribution in [1.82, 2.24) is 0 Å². The minimum Gasteiger partial charge on any atom is -0.494 e. The Hall–Kier alpha value is -2.91. The van der Waals surface area contributed by atoms with Gasteiger partial charge in [0, 0.05) is 30.3 Å². The van der Waals surface area contributed by atoms with Gasteiger partial charge in [0.2, 0.25) is 15.9 Å². The minimum atomic E-state index is -3.81. The standard InChI is InChI=1S/C18H19N3O5S/c1-26-16-11-13(6-9-15(16)21-10-2-3-17(21)22)20-18(23)12-4-7-14(8-5-12)27(19,24)25/h4-9,11H,2-3,10H2,1H3,(H,20,23)(H2,19,24,25). The zero-order valence-electron chi connectivity index (χ0n) is 14.6. The Labute approximate surface area is 157 Å². The fraction of sp³-hybridized carbons (Fsp3) is 0.222. The molecule has 0 aliphatic carbocycles. The average molecular weight is 389 g/mol. The summed E-state index contributed by atoms with van der Waals surface area (Å²) in [6.45, 7) is 0.636. The number of nitrogens with zero attached hydrogens (tertiary/aromatic N) is 1. The molecule has 0 bridgehead atoms. The van der Waals surface area contributed by atoms with Crippen LogP contribution in [0.5, 0.6) is 5.75 Å². The molecule has 1 fully saturated rings. The van der Waals surface area contributed by atoms with E-state index in [0.29, 0.717) is 30.1 Å². The largest absolute Gasteiger partial charge is 0.494 e. The number of ether oxygens (including phenoxy) is 1. The molecule has 8 nitrogen and oxygen atoms in total. The molecule has 9 heteroatoms. The zero-order chi connectivity index (χ0) is 19.6. The van der Waals surface area contributed by atoms with Crippen molar-refractivity contribution in [2.45, 2.75) is 17.7 Å². The number of rotatable bonds is 5. The molecule has 1 aliphatic rings. The first-order chi connectivity index (χ1) is 12.8. The summed E-state index contributed by atoms with van der Waals surface area (Å²) >= 11 is 0. The Morgan fingerprint density at radius 2 is 1.89 bits per heavy atom. The minimum absolute atomic E-state index is 0.0417. The molecule has 2 aromatic carbocycles. The van der Waals surface area contributed by atoms with Crippen LogP contribution < -0.4 is 20.1 Å². The molecule has 0 spiro atoms. The monoisotopic (exact) mass is 389 g/mol. The van der Waals surface area contributed by atoms with Gasteiger partial charge in [0.05, 0.1) is 17.7 Å². The van der Waals surface area contributed by atoms with Gasteiger partial charge in [-0.2, -0.15) is 0 Å². The highest BCUT2D eigenvalue weighted by molar-refractivity contribution is 7.89. The third-order valence-corrected chi connectivity index (χ3v) is 5.18. The SMILES string of the molecule is COc1cc(NC(=O)c2ccc(S(N)(=O)=O)cc2)ccc1N1CCCC1=O. The molecule has 0 radical (unpaired) electrons. The first kappa shape index (κ1) is 18.9. The Morgan fingerprint density at radius 1 is 1.19 bits per heavy atom. The van der Waals surface area contributed by atoms with Crippen LogP contribution in [0.15, 0.2) is 47.4 Å². The number of nitrogens with two attached hydrogens (primary N) is 1. The molecule has 27 heavy (non-hydrogen) atoms. The summed E-state index contributed by atoms with van der Waals surface area (Å²) in [4.78, 5) is 25.9. The van der Waals surface area contributed by atoms with Crippen molar-refractivity contribution >= 4 is 33.2 Å². The molecule has 0 saturated carbocycles. The lowest BCUT2D eigenvalue weighted by Gasteiger charge is -2.19. The smallest absolute Gasteiger partial charge is 0.255 e. The van der Waals surface area contributed by atoms with E-state index in [2.05, 4.69) is 5.32 Å². The zero-order valence-corrected chi connectivity index (χ0v) is 15.5. The molecule has 3 N–H and O–H groups in total. The summed E-state index contributed by atoms with van der Waals surface area (Å²) in [6, 6.07) is 10.3. The van der Waals surface area contributed by atoms with E-state index in [9.17, 15) is 18.0 Å². The van der Waals surface area contributed by atoms with Crippen LogP contribution in [0.25, 0.3) is 0 Å².